The maximum Gasteiger partial charge on any atom is 0.313 e. The minimum Gasteiger partial charge on any atom is -0.369 e. The van der Waals surface area contributed by atoms with Crippen LogP contribution in [-0.2, 0) is 9.59 Å². The molecule has 1 heterocycles. The second kappa shape index (κ2) is 9.55. The van der Waals surface area contributed by atoms with E-state index in [1.807, 2.05) is 24.3 Å². The lowest BCUT2D eigenvalue weighted by molar-refractivity contribution is -0.136. The average Bonchev–Trinajstić information content (AvgIpc) is 2.70. The third-order valence-corrected chi connectivity index (χ3v) is 5.32. The van der Waals surface area contributed by atoms with Gasteiger partial charge >= 0.3 is 11.8 Å². The van der Waals surface area contributed by atoms with Crippen molar-refractivity contribution in [2.24, 2.45) is 0 Å². The van der Waals surface area contributed by atoms with Crippen molar-refractivity contribution in [3.8, 4) is 0 Å². The van der Waals surface area contributed by atoms with Crippen LogP contribution in [0.5, 0.6) is 0 Å². The first-order valence-corrected chi connectivity index (χ1v) is 9.92. The van der Waals surface area contributed by atoms with Crippen molar-refractivity contribution in [3.05, 3.63) is 35.9 Å². The van der Waals surface area contributed by atoms with Crippen LogP contribution < -0.4 is 15.5 Å². The number of likely N-dealkylation sites (N-methyl/N-ethyl adjacent to an activating group) is 1. The Balaban J connectivity index is 1.43. The first-order valence-electron chi connectivity index (χ1n) is 9.92. The summed E-state index contributed by atoms with van der Waals surface area (Å²) in [6.07, 6.45) is 7.82. The molecule has 2 N–H and O–H groups in total. The molecule has 146 valence electrons. The predicted molar refractivity (Wildman–Crippen MR) is 109 cm³/mol. The molecule has 1 fully saturated rings. The van der Waals surface area contributed by atoms with Crippen LogP contribution in [0.15, 0.2) is 35.9 Å². The summed E-state index contributed by atoms with van der Waals surface area (Å²) in [4.78, 5) is 28.7. The lowest BCUT2D eigenvalue weighted by Crippen LogP contribution is -2.44. The number of allylic oxidation sites excluding steroid dienone is 1. The van der Waals surface area contributed by atoms with E-state index in [0.717, 1.165) is 51.1 Å². The van der Waals surface area contributed by atoms with E-state index in [2.05, 4.69) is 33.6 Å². The van der Waals surface area contributed by atoms with E-state index in [9.17, 15) is 9.59 Å². The molecule has 2 aliphatic rings. The van der Waals surface area contributed by atoms with E-state index in [0.29, 0.717) is 12.2 Å². The summed E-state index contributed by atoms with van der Waals surface area (Å²) in [5, 5.41) is 5.39. The Kier molecular flexibility index (Phi) is 6.87. The maximum absolute atomic E-state index is 12.1. The fourth-order valence-corrected chi connectivity index (χ4v) is 3.56. The zero-order valence-corrected chi connectivity index (χ0v) is 16.2. The highest BCUT2D eigenvalue weighted by Gasteiger charge is 2.16. The second-order valence-electron chi connectivity index (χ2n) is 7.41. The molecule has 1 aromatic carbocycles. The maximum atomic E-state index is 12.1. The monoisotopic (exact) mass is 370 g/mol. The molecule has 0 aromatic heterocycles. The largest absolute Gasteiger partial charge is 0.369 e. The highest BCUT2D eigenvalue weighted by Crippen LogP contribution is 2.20. The lowest BCUT2D eigenvalue weighted by atomic mass is 9.97. The topological polar surface area (TPSA) is 64.7 Å². The molecule has 1 saturated heterocycles. The molecule has 6 nitrogen and oxygen atoms in total. The molecule has 0 radical (unpaired) electrons. The molecular formula is C21H30N4O2. The molecule has 0 atom stereocenters. The summed E-state index contributed by atoms with van der Waals surface area (Å²) in [5.41, 5.74) is 3.18. The minimum atomic E-state index is -0.611. The van der Waals surface area contributed by atoms with Crippen LogP contribution >= 0.6 is 0 Å². The first kappa shape index (κ1) is 19.4. The Morgan fingerprint density at radius 3 is 2.41 bits per heavy atom. The molecule has 1 aromatic rings. The van der Waals surface area contributed by atoms with Crippen molar-refractivity contribution >= 4 is 23.2 Å². The molecule has 3 rings (SSSR count). The number of carbonyl (C=O) groups is 2. The van der Waals surface area contributed by atoms with E-state index >= 15 is 0 Å². The Labute approximate surface area is 161 Å². The van der Waals surface area contributed by atoms with E-state index in [1.165, 1.54) is 18.4 Å². The standard InChI is InChI=1S/C21H30N4O2/c1-24-13-15-25(16-14-24)19-9-7-18(8-10-19)23-21(27)20(26)22-12-11-17-5-3-2-4-6-17/h5,7-10H,2-4,6,11-16H2,1H3,(H,22,26)(H,23,27). The molecule has 6 heteroatoms. The van der Waals surface area contributed by atoms with Crippen molar-refractivity contribution in [2.75, 3.05) is 50.0 Å². The fraction of sp³-hybridized carbons (Fsp3) is 0.524. The van der Waals surface area contributed by atoms with Gasteiger partial charge < -0.3 is 20.4 Å². The van der Waals surface area contributed by atoms with E-state index in [-0.39, 0.29) is 0 Å². The van der Waals surface area contributed by atoms with E-state index in [1.54, 1.807) is 0 Å². The van der Waals surface area contributed by atoms with Gasteiger partial charge in [-0.05, 0) is 63.4 Å². The van der Waals surface area contributed by atoms with Crippen LogP contribution in [0.25, 0.3) is 0 Å². The number of amides is 2. The van der Waals surface area contributed by atoms with Gasteiger partial charge in [0.1, 0.15) is 0 Å². The molecule has 1 aliphatic heterocycles. The lowest BCUT2D eigenvalue weighted by Gasteiger charge is -2.34. The molecule has 0 bridgehead atoms. The number of hydrogen-bond donors (Lipinski definition) is 2. The van der Waals surface area contributed by atoms with Gasteiger partial charge in [0.05, 0.1) is 0 Å². The first-order chi connectivity index (χ1) is 13.1. The predicted octanol–water partition coefficient (Wildman–Crippen LogP) is 2.38. The van der Waals surface area contributed by atoms with Crippen LogP contribution in [0, 0.1) is 0 Å². The number of anilines is 2. The smallest absolute Gasteiger partial charge is 0.313 e. The SMILES string of the molecule is CN1CCN(c2ccc(NC(=O)C(=O)NCCC3=CCCCC3)cc2)CC1. The summed E-state index contributed by atoms with van der Waals surface area (Å²) in [6, 6.07) is 7.69. The summed E-state index contributed by atoms with van der Waals surface area (Å²) < 4.78 is 0. The minimum absolute atomic E-state index is 0.514. The average molecular weight is 370 g/mol. The number of carbonyl (C=O) groups excluding carboxylic acids is 2. The zero-order valence-electron chi connectivity index (χ0n) is 16.2. The summed E-state index contributed by atoms with van der Waals surface area (Å²) in [5.74, 6) is -1.19. The molecule has 2 amide bonds. The van der Waals surface area contributed by atoms with Gasteiger partial charge in [-0.1, -0.05) is 11.6 Å². The normalized spacial score (nSPS) is 18.0. The van der Waals surface area contributed by atoms with Crippen LogP contribution in [-0.4, -0.2) is 56.5 Å². The Bertz CT molecular complexity index is 676. The van der Waals surface area contributed by atoms with Crippen molar-refractivity contribution in [1.82, 2.24) is 10.2 Å². The second-order valence-corrected chi connectivity index (χ2v) is 7.41. The highest BCUT2D eigenvalue weighted by molar-refractivity contribution is 6.39. The van der Waals surface area contributed by atoms with Crippen LogP contribution in [0.4, 0.5) is 11.4 Å². The molecule has 27 heavy (non-hydrogen) atoms. The van der Waals surface area contributed by atoms with Crippen molar-refractivity contribution in [3.63, 3.8) is 0 Å². The van der Waals surface area contributed by atoms with Gasteiger partial charge in [0, 0.05) is 44.1 Å². The summed E-state index contributed by atoms with van der Waals surface area (Å²) >= 11 is 0. The van der Waals surface area contributed by atoms with Crippen LogP contribution in [0.3, 0.4) is 0 Å². The van der Waals surface area contributed by atoms with Crippen molar-refractivity contribution < 1.29 is 9.59 Å². The fourth-order valence-electron chi connectivity index (χ4n) is 3.56. The number of rotatable bonds is 5. The van der Waals surface area contributed by atoms with Gasteiger partial charge in [-0.15, -0.1) is 0 Å². The number of nitrogens with zero attached hydrogens (tertiary/aromatic N) is 2. The van der Waals surface area contributed by atoms with Gasteiger partial charge in [0.15, 0.2) is 0 Å². The summed E-state index contributed by atoms with van der Waals surface area (Å²) in [6.45, 7) is 4.62. The number of benzene rings is 1. The number of hydrogen-bond acceptors (Lipinski definition) is 4. The Hall–Kier alpha value is -2.34. The third-order valence-electron chi connectivity index (χ3n) is 5.32. The van der Waals surface area contributed by atoms with Gasteiger partial charge in [-0.3, -0.25) is 9.59 Å². The van der Waals surface area contributed by atoms with Gasteiger partial charge in [-0.2, -0.15) is 0 Å². The third kappa shape index (κ3) is 5.82. The Morgan fingerprint density at radius 2 is 1.74 bits per heavy atom. The molecule has 0 saturated carbocycles. The molecular weight excluding hydrogens is 340 g/mol. The van der Waals surface area contributed by atoms with Crippen molar-refractivity contribution in [2.45, 2.75) is 32.1 Å². The molecule has 1 aliphatic carbocycles. The quantitative estimate of drug-likeness (QED) is 0.617. The summed E-state index contributed by atoms with van der Waals surface area (Å²) in [7, 11) is 2.13. The zero-order chi connectivity index (χ0) is 19.1. The molecule has 0 unspecified atom stereocenters. The number of nitrogens with one attached hydrogen (secondary N) is 2. The molecule has 0 spiro atoms. The van der Waals surface area contributed by atoms with Crippen LogP contribution in [0.1, 0.15) is 32.1 Å². The van der Waals surface area contributed by atoms with E-state index < -0.39 is 11.8 Å². The highest BCUT2D eigenvalue weighted by atomic mass is 16.2. The van der Waals surface area contributed by atoms with Gasteiger partial charge in [0.25, 0.3) is 0 Å². The van der Waals surface area contributed by atoms with E-state index in [4.69, 9.17) is 0 Å². The van der Waals surface area contributed by atoms with Gasteiger partial charge in [0.2, 0.25) is 0 Å². The van der Waals surface area contributed by atoms with Crippen LogP contribution in [0.2, 0.25) is 0 Å². The Morgan fingerprint density at radius 1 is 1.00 bits per heavy atom. The number of piperazine rings is 1. The van der Waals surface area contributed by atoms with Crippen molar-refractivity contribution in [1.29, 1.82) is 0 Å². The van der Waals surface area contributed by atoms with Gasteiger partial charge in [-0.25, -0.2) is 0 Å².